The van der Waals surface area contributed by atoms with E-state index in [0.29, 0.717) is 5.56 Å². The summed E-state index contributed by atoms with van der Waals surface area (Å²) in [5.74, 6) is -0.982. The molecule has 0 fully saturated rings. The molecule has 4 nitrogen and oxygen atoms in total. The van der Waals surface area contributed by atoms with Crippen LogP contribution in [0.15, 0.2) is 17.1 Å². The zero-order valence-electron chi connectivity index (χ0n) is 9.46. The second-order valence-corrected chi connectivity index (χ2v) is 3.61. The van der Waals surface area contributed by atoms with Crippen LogP contribution in [0.3, 0.4) is 0 Å². The Labute approximate surface area is 103 Å². The van der Waals surface area contributed by atoms with Crippen LogP contribution in [0.25, 0.3) is 0 Å². The van der Waals surface area contributed by atoms with Gasteiger partial charge >= 0.3 is 5.97 Å². The first-order valence-corrected chi connectivity index (χ1v) is 5.30. The summed E-state index contributed by atoms with van der Waals surface area (Å²) in [6, 6.07) is 2.49. The van der Waals surface area contributed by atoms with Crippen molar-refractivity contribution < 1.29 is 13.9 Å². The number of aliphatic imine (C=N–C) groups is 1. The Bertz CT molecular complexity index is 475. The molecule has 6 heteroatoms. The Morgan fingerprint density at radius 3 is 2.76 bits per heavy atom. The summed E-state index contributed by atoms with van der Waals surface area (Å²) in [5.41, 5.74) is 6.04. The molecular weight excluding hydrogens is 247 g/mol. The molecule has 0 heterocycles. The van der Waals surface area contributed by atoms with Crippen LogP contribution in [0.2, 0.25) is 0 Å². The van der Waals surface area contributed by atoms with Crippen LogP contribution in [0, 0.1) is 12.7 Å². The molecule has 0 atom stereocenters. The number of aryl methyl sites for hydroxylation is 1. The minimum absolute atomic E-state index is 0.00386. The zero-order chi connectivity index (χ0) is 13.0. The molecule has 0 spiro atoms. The number of alkyl halides is 1. The first-order valence-electron chi connectivity index (χ1n) is 4.77. The van der Waals surface area contributed by atoms with Gasteiger partial charge < -0.3 is 10.5 Å². The lowest BCUT2D eigenvalue weighted by atomic mass is 10.1. The van der Waals surface area contributed by atoms with Gasteiger partial charge in [0.25, 0.3) is 0 Å². The third kappa shape index (κ3) is 3.17. The number of carbonyl (C=O) groups excluding carboxylic acids is 1. The lowest BCUT2D eigenvalue weighted by molar-refractivity contribution is 0.0601. The van der Waals surface area contributed by atoms with Crippen molar-refractivity contribution >= 4 is 29.1 Å². The number of hydrogen-bond acceptors (Lipinski definition) is 3. The molecule has 0 saturated heterocycles. The van der Waals surface area contributed by atoms with Gasteiger partial charge in [0.1, 0.15) is 11.7 Å². The number of methoxy groups -OCH3 is 1. The van der Waals surface area contributed by atoms with E-state index < -0.39 is 11.8 Å². The van der Waals surface area contributed by atoms with Crippen LogP contribution in [0.4, 0.5) is 10.1 Å². The van der Waals surface area contributed by atoms with Gasteiger partial charge in [-0.2, -0.15) is 0 Å². The van der Waals surface area contributed by atoms with Crippen LogP contribution in [0.5, 0.6) is 0 Å². The number of nitrogens with zero attached hydrogens (tertiary/aromatic N) is 1. The quantitative estimate of drug-likeness (QED) is 0.391. The lowest BCUT2D eigenvalue weighted by Crippen LogP contribution is -2.13. The van der Waals surface area contributed by atoms with Gasteiger partial charge in [0.05, 0.1) is 24.2 Å². The molecule has 0 aromatic heterocycles. The van der Waals surface area contributed by atoms with Gasteiger partial charge in [0.15, 0.2) is 0 Å². The monoisotopic (exact) mass is 258 g/mol. The first-order chi connectivity index (χ1) is 7.99. The minimum atomic E-state index is -0.603. The molecule has 1 rings (SSSR count). The van der Waals surface area contributed by atoms with E-state index in [1.54, 1.807) is 6.92 Å². The maximum absolute atomic E-state index is 13.4. The topological polar surface area (TPSA) is 64.7 Å². The van der Waals surface area contributed by atoms with Crippen molar-refractivity contribution in [2.45, 2.75) is 6.92 Å². The molecular formula is C11H12ClFN2O2. The van der Waals surface area contributed by atoms with Crippen LogP contribution >= 0.6 is 11.6 Å². The molecule has 0 amide bonds. The van der Waals surface area contributed by atoms with Crippen molar-refractivity contribution in [3.8, 4) is 0 Å². The normalized spacial score (nSPS) is 11.4. The zero-order valence-corrected chi connectivity index (χ0v) is 10.2. The van der Waals surface area contributed by atoms with E-state index in [1.165, 1.54) is 13.2 Å². The molecule has 0 aliphatic carbocycles. The van der Waals surface area contributed by atoms with Crippen LogP contribution in [-0.2, 0) is 4.74 Å². The van der Waals surface area contributed by atoms with E-state index in [9.17, 15) is 9.18 Å². The largest absolute Gasteiger partial charge is 0.465 e. The van der Waals surface area contributed by atoms with Gasteiger partial charge in [-0.1, -0.05) is 0 Å². The molecule has 0 saturated carbocycles. The van der Waals surface area contributed by atoms with Gasteiger partial charge in [-0.15, -0.1) is 11.6 Å². The Morgan fingerprint density at radius 2 is 2.24 bits per heavy atom. The maximum Gasteiger partial charge on any atom is 0.340 e. The Morgan fingerprint density at radius 1 is 1.59 bits per heavy atom. The highest BCUT2D eigenvalue weighted by molar-refractivity contribution is 6.28. The van der Waals surface area contributed by atoms with Crippen molar-refractivity contribution in [2.75, 3.05) is 13.0 Å². The molecule has 0 bridgehead atoms. The second-order valence-electron chi connectivity index (χ2n) is 3.35. The van der Waals surface area contributed by atoms with Gasteiger partial charge in [-0.25, -0.2) is 14.2 Å². The Hall–Kier alpha value is -1.62. The van der Waals surface area contributed by atoms with Crippen LogP contribution < -0.4 is 5.73 Å². The fraction of sp³-hybridized carbons (Fsp3) is 0.273. The van der Waals surface area contributed by atoms with Crippen LogP contribution in [-0.4, -0.2) is 24.8 Å². The second kappa shape index (κ2) is 5.63. The molecule has 0 unspecified atom stereocenters. The van der Waals surface area contributed by atoms with Gasteiger partial charge in [0, 0.05) is 6.07 Å². The van der Waals surface area contributed by atoms with Crippen LogP contribution in [0.1, 0.15) is 15.9 Å². The Kier molecular flexibility index (Phi) is 4.45. The lowest BCUT2D eigenvalue weighted by Gasteiger charge is -2.06. The molecule has 0 aliphatic rings. The number of halogens is 2. The van der Waals surface area contributed by atoms with Gasteiger partial charge in [-0.05, 0) is 18.6 Å². The standard InChI is InChI=1S/C11H12ClFN2O2/c1-6-3-7(11(16)17-2)9(4-8(6)13)15-10(14)5-12/h3-4H,5H2,1-2H3,(H2,14,15). The third-order valence-electron chi connectivity index (χ3n) is 2.08. The molecule has 0 aliphatic heterocycles. The number of ether oxygens (including phenoxy) is 1. The third-order valence-corrected chi connectivity index (χ3v) is 2.36. The SMILES string of the molecule is COC(=O)c1cc(C)c(F)cc1N=C(N)CCl. The number of nitrogens with two attached hydrogens (primary N) is 1. The van der Waals surface area contributed by atoms with E-state index in [1.807, 2.05) is 0 Å². The van der Waals surface area contributed by atoms with Crippen molar-refractivity contribution in [1.82, 2.24) is 0 Å². The first kappa shape index (κ1) is 13.4. The number of rotatable bonds is 3. The number of carbonyl (C=O) groups is 1. The summed E-state index contributed by atoms with van der Waals surface area (Å²) in [5, 5.41) is 0. The molecule has 92 valence electrons. The summed E-state index contributed by atoms with van der Waals surface area (Å²) in [6.07, 6.45) is 0. The fourth-order valence-corrected chi connectivity index (χ4v) is 1.28. The highest BCUT2D eigenvalue weighted by Gasteiger charge is 2.14. The average molecular weight is 259 g/mol. The average Bonchev–Trinajstić information content (AvgIpc) is 2.32. The number of benzene rings is 1. The molecule has 17 heavy (non-hydrogen) atoms. The molecule has 1 aromatic carbocycles. The number of hydrogen-bond donors (Lipinski definition) is 1. The van der Waals surface area contributed by atoms with Crippen molar-refractivity contribution in [3.63, 3.8) is 0 Å². The maximum atomic E-state index is 13.4. The molecule has 1 aromatic rings. The Balaban J connectivity index is 3.36. The smallest absolute Gasteiger partial charge is 0.340 e. The number of esters is 1. The number of amidine groups is 1. The highest BCUT2D eigenvalue weighted by Crippen LogP contribution is 2.24. The van der Waals surface area contributed by atoms with E-state index >= 15 is 0 Å². The van der Waals surface area contributed by atoms with Crippen molar-refractivity contribution in [2.24, 2.45) is 10.7 Å². The summed E-state index contributed by atoms with van der Waals surface area (Å²) < 4.78 is 18.0. The molecule has 2 N–H and O–H groups in total. The predicted molar refractivity (Wildman–Crippen MR) is 64.5 cm³/mol. The minimum Gasteiger partial charge on any atom is -0.465 e. The predicted octanol–water partition coefficient (Wildman–Crippen LogP) is 2.15. The van der Waals surface area contributed by atoms with Gasteiger partial charge in [-0.3, -0.25) is 0 Å². The van der Waals surface area contributed by atoms with E-state index in [4.69, 9.17) is 17.3 Å². The van der Waals surface area contributed by atoms with Gasteiger partial charge in [0.2, 0.25) is 0 Å². The van der Waals surface area contributed by atoms with E-state index in [2.05, 4.69) is 9.73 Å². The summed E-state index contributed by atoms with van der Waals surface area (Å²) in [4.78, 5) is 15.3. The van der Waals surface area contributed by atoms with E-state index in [0.717, 1.165) is 6.07 Å². The highest BCUT2D eigenvalue weighted by atomic mass is 35.5. The van der Waals surface area contributed by atoms with Crippen molar-refractivity contribution in [1.29, 1.82) is 0 Å². The molecule has 0 radical (unpaired) electrons. The summed E-state index contributed by atoms with van der Waals surface area (Å²) >= 11 is 5.47. The fourth-order valence-electron chi connectivity index (χ4n) is 1.22. The van der Waals surface area contributed by atoms with E-state index in [-0.39, 0.29) is 23.0 Å². The summed E-state index contributed by atoms with van der Waals surface area (Å²) in [7, 11) is 1.24. The summed E-state index contributed by atoms with van der Waals surface area (Å²) in [6.45, 7) is 1.54. The van der Waals surface area contributed by atoms with Crippen molar-refractivity contribution in [3.05, 3.63) is 29.1 Å².